The van der Waals surface area contributed by atoms with E-state index in [9.17, 15) is 9.59 Å². The van der Waals surface area contributed by atoms with Gasteiger partial charge in [0.05, 0.1) is 0 Å². The van der Waals surface area contributed by atoms with Crippen LogP contribution in [0.2, 0.25) is 0 Å². The van der Waals surface area contributed by atoms with Crippen molar-refractivity contribution in [3.8, 4) is 0 Å². The van der Waals surface area contributed by atoms with Gasteiger partial charge in [0.1, 0.15) is 0 Å². The van der Waals surface area contributed by atoms with Gasteiger partial charge >= 0.3 is 0 Å². The Kier molecular flexibility index (Phi) is 4.19. The molecule has 0 radical (unpaired) electrons. The van der Waals surface area contributed by atoms with E-state index < -0.39 is 5.91 Å². The van der Waals surface area contributed by atoms with Crippen LogP contribution in [0.1, 0.15) is 66.2 Å². The zero-order valence-electron chi connectivity index (χ0n) is 13.1. The zero-order valence-corrected chi connectivity index (χ0v) is 13.1. The summed E-state index contributed by atoms with van der Waals surface area (Å²) in [7, 11) is 0. The minimum absolute atomic E-state index is 0.0603. The van der Waals surface area contributed by atoms with E-state index in [0.717, 1.165) is 31.6 Å². The minimum atomic E-state index is -0.487. The number of nitrogens with zero attached hydrogens (tertiary/aromatic N) is 1. The molecule has 2 amide bonds. The normalized spacial score (nSPS) is 24.8. The molecule has 1 aromatic rings. The van der Waals surface area contributed by atoms with Gasteiger partial charge in [-0.05, 0) is 62.6 Å². The van der Waals surface area contributed by atoms with E-state index in [1.807, 2.05) is 0 Å². The molecule has 2 saturated carbocycles. The molecule has 3 rings (SSSR count). The monoisotopic (exact) mass is 300 g/mol. The molecule has 1 aromatic carbocycles. The Balaban J connectivity index is 1.81. The van der Waals surface area contributed by atoms with Gasteiger partial charge < -0.3 is 10.6 Å². The largest absolute Gasteiger partial charge is 0.366 e. The van der Waals surface area contributed by atoms with E-state index in [1.165, 1.54) is 12.8 Å². The van der Waals surface area contributed by atoms with E-state index in [-0.39, 0.29) is 5.91 Å². The lowest BCUT2D eigenvalue weighted by atomic mass is 9.86. The first-order valence-electron chi connectivity index (χ1n) is 8.29. The topological polar surface area (TPSA) is 63.4 Å². The summed E-state index contributed by atoms with van der Waals surface area (Å²) in [6, 6.07) is 7.56. The number of hydrogen-bond acceptors (Lipinski definition) is 2. The Hall–Kier alpha value is -1.84. The van der Waals surface area contributed by atoms with Gasteiger partial charge in [-0.2, -0.15) is 0 Å². The van der Waals surface area contributed by atoms with Crippen molar-refractivity contribution >= 4 is 11.8 Å². The van der Waals surface area contributed by atoms with Gasteiger partial charge in [-0.25, -0.2) is 0 Å². The summed E-state index contributed by atoms with van der Waals surface area (Å²) in [4.78, 5) is 26.4. The molecule has 0 spiro atoms. The third-order valence-electron chi connectivity index (χ3n) is 4.95. The highest BCUT2D eigenvalue weighted by atomic mass is 16.2. The second-order valence-corrected chi connectivity index (χ2v) is 6.80. The Morgan fingerprint density at radius 3 is 2.09 bits per heavy atom. The van der Waals surface area contributed by atoms with Crippen molar-refractivity contribution in [2.45, 2.75) is 57.5 Å². The van der Waals surface area contributed by atoms with Crippen LogP contribution in [0.4, 0.5) is 0 Å². The van der Waals surface area contributed by atoms with Gasteiger partial charge in [-0.1, -0.05) is 13.0 Å². The van der Waals surface area contributed by atoms with Crippen molar-refractivity contribution in [1.82, 2.24) is 4.90 Å². The Labute approximate surface area is 131 Å². The molecular weight excluding hydrogens is 276 g/mol. The molecule has 4 nitrogen and oxygen atoms in total. The first kappa shape index (κ1) is 15.1. The van der Waals surface area contributed by atoms with Gasteiger partial charge in [-0.15, -0.1) is 0 Å². The number of hydrogen-bond donors (Lipinski definition) is 1. The van der Waals surface area contributed by atoms with Crippen LogP contribution in [0.3, 0.4) is 0 Å². The summed E-state index contributed by atoms with van der Waals surface area (Å²) in [6.07, 6.45) is 6.80. The van der Waals surface area contributed by atoms with Crippen molar-refractivity contribution < 1.29 is 9.59 Å². The fourth-order valence-electron chi connectivity index (χ4n) is 3.46. The fourth-order valence-corrected chi connectivity index (χ4v) is 3.46. The SMILES string of the molecule is CC1CCC(N(C(=O)c2cccc(C(N)=O)c2)C2CC2)CC1. The molecule has 0 aliphatic heterocycles. The third-order valence-corrected chi connectivity index (χ3v) is 4.95. The summed E-state index contributed by atoms with van der Waals surface area (Å²) in [5.41, 5.74) is 6.31. The van der Waals surface area contributed by atoms with Crippen molar-refractivity contribution in [2.75, 3.05) is 0 Å². The maximum absolute atomic E-state index is 13.0. The molecule has 4 heteroatoms. The Morgan fingerprint density at radius 1 is 1.00 bits per heavy atom. The highest BCUT2D eigenvalue weighted by Gasteiger charge is 2.38. The van der Waals surface area contributed by atoms with Crippen LogP contribution in [-0.2, 0) is 0 Å². The molecule has 22 heavy (non-hydrogen) atoms. The summed E-state index contributed by atoms with van der Waals surface area (Å²) in [6.45, 7) is 2.29. The molecule has 2 fully saturated rings. The predicted molar refractivity (Wildman–Crippen MR) is 85.6 cm³/mol. The zero-order chi connectivity index (χ0) is 15.7. The van der Waals surface area contributed by atoms with E-state index in [2.05, 4.69) is 11.8 Å². The molecule has 0 aromatic heterocycles. The lowest BCUT2D eigenvalue weighted by Gasteiger charge is -2.36. The second kappa shape index (κ2) is 6.11. The van der Waals surface area contributed by atoms with Crippen LogP contribution in [0, 0.1) is 5.92 Å². The maximum atomic E-state index is 13.0. The van der Waals surface area contributed by atoms with E-state index >= 15 is 0 Å². The minimum Gasteiger partial charge on any atom is -0.366 e. The first-order chi connectivity index (χ1) is 10.6. The van der Waals surface area contributed by atoms with Crippen LogP contribution >= 0.6 is 0 Å². The number of rotatable bonds is 4. The summed E-state index contributed by atoms with van der Waals surface area (Å²) < 4.78 is 0. The van der Waals surface area contributed by atoms with Gasteiger partial charge in [0.2, 0.25) is 5.91 Å². The standard InChI is InChI=1S/C18H24N2O2/c1-12-5-7-15(8-6-12)20(16-9-10-16)18(22)14-4-2-3-13(11-14)17(19)21/h2-4,11-12,15-16H,5-10H2,1H3,(H2,19,21). The lowest BCUT2D eigenvalue weighted by Crippen LogP contribution is -2.43. The number of benzene rings is 1. The molecule has 0 atom stereocenters. The van der Waals surface area contributed by atoms with Gasteiger partial charge in [0.25, 0.3) is 5.91 Å². The smallest absolute Gasteiger partial charge is 0.254 e. The molecule has 0 saturated heterocycles. The van der Waals surface area contributed by atoms with Crippen molar-refractivity contribution in [3.05, 3.63) is 35.4 Å². The first-order valence-corrected chi connectivity index (χ1v) is 8.29. The van der Waals surface area contributed by atoms with Crippen LogP contribution in [0.5, 0.6) is 0 Å². The van der Waals surface area contributed by atoms with Gasteiger partial charge in [-0.3, -0.25) is 9.59 Å². The van der Waals surface area contributed by atoms with E-state index in [1.54, 1.807) is 24.3 Å². The highest BCUT2D eigenvalue weighted by Crippen LogP contribution is 2.36. The molecule has 118 valence electrons. The number of nitrogens with two attached hydrogens (primary N) is 1. The Bertz CT molecular complexity index is 572. The molecule has 0 bridgehead atoms. The van der Waals surface area contributed by atoms with E-state index in [0.29, 0.717) is 23.2 Å². The molecular formula is C18H24N2O2. The van der Waals surface area contributed by atoms with Gasteiger partial charge in [0.15, 0.2) is 0 Å². The van der Waals surface area contributed by atoms with Gasteiger partial charge in [0, 0.05) is 23.2 Å². The fraction of sp³-hybridized carbons (Fsp3) is 0.556. The number of carbonyl (C=O) groups excluding carboxylic acids is 2. The Morgan fingerprint density at radius 2 is 1.55 bits per heavy atom. The van der Waals surface area contributed by atoms with Crippen molar-refractivity contribution in [3.63, 3.8) is 0 Å². The van der Waals surface area contributed by atoms with Crippen LogP contribution in [0.25, 0.3) is 0 Å². The lowest BCUT2D eigenvalue weighted by molar-refractivity contribution is 0.0593. The van der Waals surface area contributed by atoms with E-state index in [4.69, 9.17) is 5.73 Å². The highest BCUT2D eigenvalue weighted by molar-refractivity contribution is 5.99. The molecule has 2 aliphatic rings. The summed E-state index contributed by atoms with van der Waals surface area (Å²) in [5, 5.41) is 0. The number of primary amides is 1. The molecule has 2 N–H and O–H groups in total. The van der Waals surface area contributed by atoms with Crippen molar-refractivity contribution in [1.29, 1.82) is 0 Å². The summed E-state index contributed by atoms with van der Waals surface area (Å²) in [5.74, 6) is 0.342. The van der Waals surface area contributed by atoms with Crippen LogP contribution in [0.15, 0.2) is 24.3 Å². The van der Waals surface area contributed by atoms with Crippen LogP contribution in [-0.4, -0.2) is 28.8 Å². The number of amides is 2. The average Bonchev–Trinajstić information content (AvgIpc) is 3.34. The number of carbonyl (C=O) groups is 2. The molecule has 0 unspecified atom stereocenters. The average molecular weight is 300 g/mol. The van der Waals surface area contributed by atoms with Crippen molar-refractivity contribution in [2.24, 2.45) is 11.7 Å². The molecule has 2 aliphatic carbocycles. The quantitative estimate of drug-likeness (QED) is 0.929. The maximum Gasteiger partial charge on any atom is 0.254 e. The predicted octanol–water partition coefficient (Wildman–Crippen LogP) is 2.97. The molecule has 0 heterocycles. The third kappa shape index (κ3) is 3.16. The second-order valence-electron chi connectivity index (χ2n) is 6.80. The summed E-state index contributed by atoms with van der Waals surface area (Å²) >= 11 is 0. The van der Waals surface area contributed by atoms with Crippen LogP contribution < -0.4 is 5.73 Å².